The van der Waals surface area contributed by atoms with E-state index in [0.717, 1.165) is 11.0 Å². The number of likely N-dealkylation sites (tertiary alicyclic amines) is 1. The van der Waals surface area contributed by atoms with Crippen molar-refractivity contribution in [3.8, 4) is 11.1 Å². The van der Waals surface area contributed by atoms with Crippen molar-refractivity contribution in [1.29, 1.82) is 5.41 Å². The van der Waals surface area contributed by atoms with Gasteiger partial charge in [-0.05, 0) is 42.7 Å². The minimum atomic E-state index is -4.66. The molecule has 1 aliphatic heterocycles. The molecule has 8 nitrogen and oxygen atoms in total. The summed E-state index contributed by atoms with van der Waals surface area (Å²) in [5.74, 6) is -7.84. The Morgan fingerprint density at radius 2 is 1.79 bits per heavy atom. The maximum absolute atomic E-state index is 14.8. The van der Waals surface area contributed by atoms with Crippen molar-refractivity contribution in [1.82, 2.24) is 15.5 Å². The number of halogens is 5. The molecule has 1 aliphatic carbocycles. The fraction of sp³-hybridized carbons (Fsp3) is 0.310. The van der Waals surface area contributed by atoms with Crippen LogP contribution in [0.5, 0.6) is 0 Å². The molecule has 3 atom stereocenters. The molecule has 0 spiro atoms. The molecule has 0 saturated carbocycles. The molecular weight excluding hydrogens is 593 g/mol. The molecule has 1 unspecified atom stereocenters. The van der Waals surface area contributed by atoms with E-state index in [-0.39, 0.29) is 33.7 Å². The van der Waals surface area contributed by atoms with Gasteiger partial charge in [-0.1, -0.05) is 30.3 Å². The normalized spacial score (nSPS) is 19.3. The van der Waals surface area contributed by atoms with E-state index in [9.17, 15) is 36.3 Å². The number of rotatable bonds is 7. The first kappa shape index (κ1) is 30.1. The zero-order chi connectivity index (χ0) is 31.3. The summed E-state index contributed by atoms with van der Waals surface area (Å²) in [6, 6.07) is 9.01. The van der Waals surface area contributed by atoms with Gasteiger partial charge in [0.15, 0.2) is 0 Å². The lowest BCUT2D eigenvalue weighted by Crippen LogP contribution is -2.49. The smallest absolute Gasteiger partial charge is 0.384 e. The first-order valence-corrected chi connectivity index (χ1v) is 14.1. The molecule has 3 aromatic rings. The second kappa shape index (κ2) is 11.1. The van der Waals surface area contributed by atoms with Gasteiger partial charge in [-0.3, -0.25) is 19.8 Å². The molecule has 0 radical (unpaired) electrons. The van der Waals surface area contributed by atoms with Crippen LogP contribution in [0.2, 0.25) is 0 Å². The molecule has 1 saturated heterocycles. The maximum atomic E-state index is 14.8. The number of carbonyl (C=O) groups is 3. The summed E-state index contributed by atoms with van der Waals surface area (Å²) in [6.07, 6.45) is -5.31. The Balaban J connectivity index is 1.28. The predicted molar refractivity (Wildman–Crippen MR) is 149 cm³/mol. The second-order valence-electron chi connectivity index (χ2n) is 10.5. The highest BCUT2D eigenvalue weighted by molar-refractivity contribution is 7.10. The Hall–Kier alpha value is -4.33. The zero-order valence-corrected chi connectivity index (χ0v) is 23.4. The highest BCUT2D eigenvalue weighted by Gasteiger charge is 2.51. The summed E-state index contributed by atoms with van der Waals surface area (Å²) in [5, 5.41) is 14.1. The van der Waals surface area contributed by atoms with Crippen molar-refractivity contribution >= 4 is 34.9 Å². The molecule has 43 heavy (non-hydrogen) atoms. The molecule has 226 valence electrons. The van der Waals surface area contributed by atoms with Crippen LogP contribution in [0.1, 0.15) is 51.3 Å². The summed E-state index contributed by atoms with van der Waals surface area (Å²) in [5.41, 5.74) is 5.87. The Labute approximate surface area is 246 Å². The number of carbonyl (C=O) groups excluding carboxylic acids is 3. The zero-order valence-electron chi connectivity index (χ0n) is 22.6. The summed E-state index contributed by atoms with van der Waals surface area (Å²) in [4.78, 5) is 40.5. The van der Waals surface area contributed by atoms with E-state index in [4.69, 9.17) is 11.1 Å². The van der Waals surface area contributed by atoms with Crippen LogP contribution in [-0.4, -0.2) is 53.8 Å². The van der Waals surface area contributed by atoms with Crippen LogP contribution in [0.25, 0.3) is 11.1 Å². The fourth-order valence-electron chi connectivity index (χ4n) is 5.38. The van der Waals surface area contributed by atoms with E-state index in [2.05, 4.69) is 10.6 Å². The summed E-state index contributed by atoms with van der Waals surface area (Å²) >= 11 is 1.21. The van der Waals surface area contributed by atoms with E-state index in [0.29, 0.717) is 10.4 Å². The fourth-order valence-corrected chi connectivity index (χ4v) is 6.29. The summed E-state index contributed by atoms with van der Waals surface area (Å²) < 4.78 is 70.5. The average molecular weight is 620 g/mol. The minimum Gasteiger partial charge on any atom is -0.384 e. The number of benzene rings is 2. The maximum Gasteiger partial charge on any atom is 0.393 e. The number of alkyl halides is 5. The van der Waals surface area contributed by atoms with Gasteiger partial charge in [-0.2, -0.15) is 22.0 Å². The van der Waals surface area contributed by atoms with Gasteiger partial charge < -0.3 is 21.3 Å². The highest BCUT2D eigenvalue weighted by atomic mass is 32.1. The van der Waals surface area contributed by atoms with Crippen molar-refractivity contribution < 1.29 is 36.3 Å². The molecule has 3 amide bonds. The summed E-state index contributed by atoms with van der Waals surface area (Å²) in [7, 11) is 0. The number of hydrogen-bond acceptors (Lipinski definition) is 5. The van der Waals surface area contributed by atoms with Gasteiger partial charge in [0.25, 0.3) is 11.8 Å². The average Bonchev–Trinajstić information content (AvgIpc) is 3.68. The number of nitrogens with two attached hydrogens (primary N) is 1. The van der Waals surface area contributed by atoms with E-state index in [1.54, 1.807) is 24.4 Å². The van der Waals surface area contributed by atoms with E-state index in [1.165, 1.54) is 41.7 Å². The Kier molecular flexibility index (Phi) is 7.75. The predicted octanol–water partition coefficient (Wildman–Crippen LogP) is 4.54. The van der Waals surface area contributed by atoms with Crippen LogP contribution < -0.4 is 16.4 Å². The quantitative estimate of drug-likeness (QED) is 0.176. The number of nitrogen functional groups attached to an aromatic ring is 1. The van der Waals surface area contributed by atoms with Crippen LogP contribution in [0, 0.1) is 11.3 Å². The third-order valence-electron chi connectivity index (χ3n) is 7.68. The number of amides is 3. The third-order valence-corrected chi connectivity index (χ3v) is 8.79. The summed E-state index contributed by atoms with van der Waals surface area (Å²) in [6.45, 7) is 0.142. The lowest BCUT2D eigenvalue weighted by Gasteiger charge is -2.25. The number of thiophene rings is 1. The second-order valence-corrected chi connectivity index (χ2v) is 11.4. The monoisotopic (exact) mass is 619 g/mol. The van der Waals surface area contributed by atoms with Gasteiger partial charge in [0.05, 0.1) is 18.5 Å². The Morgan fingerprint density at radius 1 is 1.09 bits per heavy atom. The van der Waals surface area contributed by atoms with E-state index < -0.39 is 67.3 Å². The molecule has 2 aliphatic rings. The Bertz CT molecular complexity index is 1620. The number of fused-ring (bicyclic) bond motifs is 3. The first-order valence-electron chi connectivity index (χ1n) is 13.2. The van der Waals surface area contributed by atoms with Gasteiger partial charge in [0.2, 0.25) is 11.8 Å². The molecule has 5 N–H and O–H groups in total. The van der Waals surface area contributed by atoms with Gasteiger partial charge in [-0.25, -0.2) is 0 Å². The molecule has 5 rings (SSSR count). The SMILES string of the molecule is CC(NC(=O)[C@@H]1C[C@H](C(F)(F)F)CN1C(=O)CNC(=O)c1ccc2c(c1)-c1ccccc1C2(F)F)c1cc(C(=N)N)cs1. The number of nitrogens with one attached hydrogen (secondary N) is 3. The van der Waals surface area contributed by atoms with Crippen molar-refractivity contribution in [3.63, 3.8) is 0 Å². The van der Waals surface area contributed by atoms with Gasteiger partial charge in [0.1, 0.15) is 11.9 Å². The lowest BCUT2D eigenvalue weighted by molar-refractivity contribution is -0.171. The molecule has 1 aromatic heterocycles. The number of hydrogen-bond donors (Lipinski definition) is 4. The molecule has 14 heteroatoms. The van der Waals surface area contributed by atoms with Crippen molar-refractivity contribution in [3.05, 3.63) is 81.0 Å². The highest BCUT2D eigenvalue weighted by Crippen LogP contribution is 2.51. The van der Waals surface area contributed by atoms with Crippen molar-refractivity contribution in [2.75, 3.05) is 13.1 Å². The minimum absolute atomic E-state index is 0.0161. The topological polar surface area (TPSA) is 128 Å². The van der Waals surface area contributed by atoms with Crippen molar-refractivity contribution in [2.24, 2.45) is 11.7 Å². The van der Waals surface area contributed by atoms with Gasteiger partial charge >= 0.3 is 6.18 Å². The van der Waals surface area contributed by atoms with E-state index >= 15 is 0 Å². The third kappa shape index (κ3) is 5.70. The van der Waals surface area contributed by atoms with Gasteiger partial charge in [-0.15, -0.1) is 11.3 Å². The first-order chi connectivity index (χ1) is 20.2. The van der Waals surface area contributed by atoms with E-state index in [1.807, 2.05) is 0 Å². The van der Waals surface area contributed by atoms with Crippen molar-refractivity contribution in [2.45, 2.75) is 37.5 Å². The lowest BCUT2D eigenvalue weighted by atomic mass is 10.0. The molecule has 2 aromatic carbocycles. The molecule has 2 heterocycles. The molecule has 1 fully saturated rings. The van der Waals surface area contributed by atoms with Crippen LogP contribution >= 0.6 is 11.3 Å². The Morgan fingerprint density at radius 3 is 2.47 bits per heavy atom. The molecule has 0 bridgehead atoms. The van der Waals surface area contributed by atoms with Crippen LogP contribution in [0.3, 0.4) is 0 Å². The number of nitrogens with zero attached hydrogens (tertiary/aromatic N) is 1. The number of amidine groups is 1. The van der Waals surface area contributed by atoms with Crippen LogP contribution in [-0.2, 0) is 15.5 Å². The van der Waals surface area contributed by atoms with Crippen LogP contribution in [0.4, 0.5) is 22.0 Å². The standard InChI is InChI=1S/C29H26F5N5O3S/c1-14(23-9-16(13-43-23)25(35)36)38-27(42)22-10-17(29(32,33)34)12-39(22)24(40)11-37-26(41)15-6-7-21-19(8-15)18-4-2-3-5-20(18)28(21,30)31/h2-9,13-14,17,22H,10-12H2,1H3,(H3,35,36)(H,37,41)(H,38,42)/t14?,17-,22-/m0/s1. The van der Waals surface area contributed by atoms with Crippen LogP contribution in [0.15, 0.2) is 53.9 Å². The largest absolute Gasteiger partial charge is 0.393 e. The molecular formula is C29H26F5N5O3S. The van der Waals surface area contributed by atoms with Gasteiger partial charge in [0, 0.05) is 39.1 Å².